The maximum Gasteiger partial charge on any atom is 0.131 e. The molecule has 0 aliphatic carbocycles. The summed E-state index contributed by atoms with van der Waals surface area (Å²) in [5.74, 6) is 0. The van der Waals surface area contributed by atoms with E-state index in [1.807, 2.05) is 0 Å². The fraction of sp³-hybridized carbons (Fsp3) is 0.538. The molecule has 1 fully saturated rings. The van der Waals surface area contributed by atoms with Crippen LogP contribution in [0, 0.1) is 13.8 Å². The van der Waals surface area contributed by atoms with Crippen LogP contribution in [-0.4, -0.2) is 40.2 Å². The van der Waals surface area contributed by atoms with E-state index >= 15 is 0 Å². The molecule has 0 saturated carbocycles. The number of nitrogens with one attached hydrogen (secondary N) is 1. The number of halogens is 1. The highest BCUT2D eigenvalue weighted by Crippen LogP contribution is 2.18. The van der Waals surface area contributed by atoms with Crippen LogP contribution in [0.5, 0.6) is 0 Å². The van der Waals surface area contributed by atoms with Gasteiger partial charge in [0.05, 0.1) is 6.67 Å². The van der Waals surface area contributed by atoms with E-state index in [0.29, 0.717) is 0 Å². The second kappa shape index (κ2) is 5.83. The first-order valence-corrected chi connectivity index (χ1v) is 7.11. The van der Waals surface area contributed by atoms with Crippen molar-refractivity contribution in [2.45, 2.75) is 26.7 Å². The number of hydrogen-bond acceptors (Lipinski definition) is 4. The summed E-state index contributed by atoms with van der Waals surface area (Å²) in [6.07, 6.45) is 0.267. The van der Waals surface area contributed by atoms with Gasteiger partial charge in [0.15, 0.2) is 0 Å². The first kappa shape index (κ1) is 14.2. The van der Waals surface area contributed by atoms with E-state index in [0.717, 1.165) is 13.2 Å². The average molecular weight is 360 g/mol. The molecule has 0 amide bonds. The Morgan fingerprint density at radius 1 is 1.28 bits per heavy atom. The molecule has 5 heteroatoms. The van der Waals surface area contributed by atoms with Crippen LogP contribution in [0.25, 0.3) is 0 Å². The second-order valence-corrected chi connectivity index (χ2v) is 6.10. The molecule has 0 aromatic heterocycles. The Bertz CT molecular complexity index is 423. The van der Waals surface area contributed by atoms with Gasteiger partial charge in [-0.15, -0.1) is 0 Å². The van der Waals surface area contributed by atoms with Crippen LogP contribution in [0.4, 0.5) is 0 Å². The third kappa shape index (κ3) is 3.03. The molecule has 1 saturated heterocycles. The number of benzene rings is 1. The van der Waals surface area contributed by atoms with Gasteiger partial charge in [-0.1, -0.05) is 18.2 Å². The lowest BCUT2D eigenvalue weighted by Crippen LogP contribution is -2.47. The van der Waals surface area contributed by atoms with Gasteiger partial charge >= 0.3 is 0 Å². The van der Waals surface area contributed by atoms with Gasteiger partial charge in [-0.05, 0) is 37.6 Å². The Morgan fingerprint density at radius 3 is 2.56 bits per heavy atom. The van der Waals surface area contributed by atoms with Crippen LogP contribution in [0.15, 0.2) is 18.2 Å². The van der Waals surface area contributed by atoms with E-state index in [4.69, 9.17) is 0 Å². The predicted octanol–water partition coefficient (Wildman–Crippen LogP) is 2.08. The summed E-state index contributed by atoms with van der Waals surface area (Å²) in [4.78, 5) is 2.29. The van der Waals surface area contributed by atoms with Crippen LogP contribution < -0.4 is 5.32 Å². The van der Waals surface area contributed by atoms with Gasteiger partial charge in [-0.3, -0.25) is 10.2 Å². The summed E-state index contributed by atoms with van der Waals surface area (Å²) in [5, 5.41) is 5.79. The summed E-state index contributed by atoms with van der Waals surface area (Å²) < 4.78 is 2.18. The normalized spacial score (nSPS) is 22.8. The molecule has 1 heterocycles. The summed E-state index contributed by atoms with van der Waals surface area (Å²) >= 11 is 2.33. The molecule has 2 rings (SSSR count). The SMILES string of the molecule is Cc1ccc(CN[C@H]2N(C)CN(I)N2C)cc1C. The average Bonchev–Trinajstić information content (AvgIpc) is 2.56. The molecule has 18 heavy (non-hydrogen) atoms. The molecule has 1 atom stereocenters. The Kier molecular flexibility index (Phi) is 4.60. The minimum Gasteiger partial charge on any atom is -0.284 e. The lowest BCUT2D eigenvalue weighted by molar-refractivity contribution is 0.0908. The molecule has 1 aliphatic heterocycles. The highest BCUT2D eigenvalue weighted by Gasteiger charge is 2.31. The van der Waals surface area contributed by atoms with Gasteiger partial charge in [0, 0.05) is 36.5 Å². The highest BCUT2D eigenvalue weighted by molar-refractivity contribution is 14.1. The van der Waals surface area contributed by atoms with E-state index in [-0.39, 0.29) is 6.29 Å². The van der Waals surface area contributed by atoms with Gasteiger partial charge in [-0.25, -0.2) is 5.01 Å². The fourth-order valence-electron chi connectivity index (χ4n) is 2.18. The summed E-state index contributed by atoms with van der Waals surface area (Å²) in [6, 6.07) is 6.66. The predicted molar refractivity (Wildman–Crippen MR) is 82.8 cm³/mol. The number of aryl methyl sites for hydroxylation is 2. The standard InChI is InChI=1S/C13H21IN4/c1-10-5-6-12(7-11(10)2)8-15-13-16(3)9-18(14)17(13)4/h5-7,13,15H,8-9H2,1-4H3/t13-/m0/s1. The highest BCUT2D eigenvalue weighted by atomic mass is 127. The monoisotopic (exact) mass is 360 g/mol. The summed E-state index contributed by atoms with van der Waals surface area (Å²) in [7, 11) is 4.24. The van der Waals surface area contributed by atoms with E-state index in [9.17, 15) is 0 Å². The van der Waals surface area contributed by atoms with Crippen molar-refractivity contribution in [2.75, 3.05) is 20.8 Å². The van der Waals surface area contributed by atoms with Gasteiger partial charge in [0.1, 0.15) is 6.29 Å². The van der Waals surface area contributed by atoms with Crippen molar-refractivity contribution in [3.05, 3.63) is 34.9 Å². The second-order valence-electron chi connectivity index (χ2n) is 4.98. The number of hydrazine groups is 1. The minimum absolute atomic E-state index is 0.267. The molecule has 0 unspecified atom stereocenters. The van der Waals surface area contributed by atoms with Gasteiger partial charge in [0.25, 0.3) is 0 Å². The third-order valence-corrected chi connectivity index (χ3v) is 4.50. The molecular weight excluding hydrogens is 339 g/mol. The maximum absolute atomic E-state index is 3.58. The smallest absolute Gasteiger partial charge is 0.131 e. The first-order chi connectivity index (χ1) is 8.49. The molecular formula is C13H21IN4. The van der Waals surface area contributed by atoms with Crippen LogP contribution in [0.2, 0.25) is 0 Å². The van der Waals surface area contributed by atoms with Crippen molar-refractivity contribution in [1.82, 2.24) is 18.4 Å². The Balaban J connectivity index is 1.97. The molecule has 1 aliphatic rings. The molecule has 1 aromatic rings. The molecule has 1 N–H and O–H groups in total. The van der Waals surface area contributed by atoms with Gasteiger partial charge in [-0.2, -0.15) is 3.22 Å². The Labute approximate surface area is 123 Å². The van der Waals surface area contributed by atoms with E-state index in [2.05, 4.69) is 87.5 Å². The lowest BCUT2D eigenvalue weighted by atomic mass is 10.1. The first-order valence-electron chi connectivity index (χ1n) is 6.15. The zero-order chi connectivity index (χ0) is 13.3. The zero-order valence-electron chi connectivity index (χ0n) is 11.4. The van der Waals surface area contributed by atoms with E-state index in [1.54, 1.807) is 0 Å². The number of nitrogens with zero attached hydrogens (tertiary/aromatic N) is 3. The fourth-order valence-corrected chi connectivity index (χ4v) is 2.89. The molecule has 0 spiro atoms. The van der Waals surface area contributed by atoms with Crippen molar-refractivity contribution >= 4 is 22.9 Å². The quantitative estimate of drug-likeness (QED) is 0.658. The summed E-state index contributed by atoms with van der Waals surface area (Å²) in [5.41, 5.74) is 4.05. The lowest BCUT2D eigenvalue weighted by Gasteiger charge is -2.26. The van der Waals surface area contributed by atoms with Gasteiger partial charge in [0.2, 0.25) is 0 Å². The molecule has 1 aromatic carbocycles. The Hall–Kier alpha value is -0.210. The van der Waals surface area contributed by atoms with Crippen molar-refractivity contribution in [1.29, 1.82) is 0 Å². The maximum atomic E-state index is 3.58. The minimum atomic E-state index is 0.267. The Morgan fingerprint density at radius 2 is 2.00 bits per heavy atom. The molecule has 0 radical (unpaired) electrons. The molecule has 0 bridgehead atoms. The topological polar surface area (TPSA) is 21.8 Å². The van der Waals surface area contributed by atoms with Crippen LogP contribution >= 0.6 is 22.9 Å². The van der Waals surface area contributed by atoms with Crippen LogP contribution in [0.3, 0.4) is 0 Å². The number of hydrogen-bond donors (Lipinski definition) is 1. The van der Waals surface area contributed by atoms with E-state index < -0.39 is 0 Å². The third-order valence-electron chi connectivity index (χ3n) is 3.51. The van der Waals surface area contributed by atoms with Crippen LogP contribution in [0.1, 0.15) is 16.7 Å². The largest absolute Gasteiger partial charge is 0.284 e. The van der Waals surface area contributed by atoms with Crippen LogP contribution in [-0.2, 0) is 6.54 Å². The van der Waals surface area contributed by atoms with Crippen molar-refractivity contribution < 1.29 is 0 Å². The van der Waals surface area contributed by atoms with Crippen molar-refractivity contribution in [3.63, 3.8) is 0 Å². The van der Waals surface area contributed by atoms with Crippen molar-refractivity contribution in [3.8, 4) is 0 Å². The van der Waals surface area contributed by atoms with Gasteiger partial charge < -0.3 is 0 Å². The van der Waals surface area contributed by atoms with E-state index in [1.165, 1.54) is 16.7 Å². The zero-order valence-corrected chi connectivity index (χ0v) is 13.6. The molecule has 100 valence electrons. The summed E-state index contributed by atoms with van der Waals surface area (Å²) in [6.45, 7) is 6.16. The molecule has 4 nitrogen and oxygen atoms in total. The van der Waals surface area contributed by atoms with Crippen molar-refractivity contribution in [2.24, 2.45) is 0 Å². The number of rotatable bonds is 3.